The lowest BCUT2D eigenvalue weighted by Crippen LogP contribution is -1.88. The zero-order valence-electron chi connectivity index (χ0n) is 5.07. The molecule has 0 spiro atoms. The minimum Gasteiger partial charge on any atom is -0.397 e. The Labute approximate surface area is 76.9 Å². The molecule has 1 aromatic rings. The zero-order valence-corrected chi connectivity index (χ0v) is 8.24. The van der Waals surface area contributed by atoms with Crippen molar-refractivity contribution >= 4 is 37.5 Å². The normalized spacial score (nSPS) is 9.90. The SMILES string of the molecule is [CH]c1cc(Br)c(N)c(Br)c1. The molecular weight excluding hydrogens is 258 g/mol. The van der Waals surface area contributed by atoms with Crippen molar-refractivity contribution in [3.05, 3.63) is 33.6 Å². The second-order valence-electron chi connectivity index (χ2n) is 1.90. The van der Waals surface area contributed by atoms with E-state index in [-0.39, 0.29) is 0 Å². The van der Waals surface area contributed by atoms with E-state index in [0.29, 0.717) is 11.3 Å². The summed E-state index contributed by atoms with van der Waals surface area (Å²) in [6.07, 6.45) is 0. The van der Waals surface area contributed by atoms with Crippen molar-refractivity contribution in [2.24, 2.45) is 0 Å². The van der Waals surface area contributed by atoms with E-state index in [1.807, 2.05) is 0 Å². The summed E-state index contributed by atoms with van der Waals surface area (Å²) >= 11 is 6.52. The first kappa shape index (κ1) is 8.08. The highest BCUT2D eigenvalue weighted by molar-refractivity contribution is 9.11. The van der Waals surface area contributed by atoms with E-state index in [0.717, 1.165) is 8.95 Å². The molecule has 0 saturated heterocycles. The Balaban J connectivity index is 3.31. The van der Waals surface area contributed by atoms with E-state index in [1.165, 1.54) is 0 Å². The lowest BCUT2D eigenvalue weighted by atomic mass is 10.2. The predicted octanol–water partition coefficient (Wildman–Crippen LogP) is 2.85. The molecule has 0 amide bonds. The van der Waals surface area contributed by atoms with Crippen LogP contribution in [0.5, 0.6) is 0 Å². The number of hydrogen-bond acceptors (Lipinski definition) is 1. The highest BCUT2D eigenvalue weighted by Gasteiger charge is 2.00. The number of halogens is 2. The Kier molecular flexibility index (Phi) is 2.36. The fourth-order valence-electron chi connectivity index (χ4n) is 0.604. The predicted molar refractivity (Wildman–Crippen MR) is 49.7 cm³/mol. The summed E-state index contributed by atoms with van der Waals surface area (Å²) in [5, 5.41) is 0. The first-order chi connectivity index (χ1) is 4.61. The molecule has 0 bridgehead atoms. The largest absolute Gasteiger partial charge is 0.397 e. The molecule has 1 nitrogen and oxygen atoms in total. The Hall–Kier alpha value is -0.0200. The van der Waals surface area contributed by atoms with E-state index in [9.17, 15) is 0 Å². The van der Waals surface area contributed by atoms with Crippen molar-refractivity contribution in [3.8, 4) is 0 Å². The van der Waals surface area contributed by atoms with Crippen LogP contribution in [0.25, 0.3) is 0 Å². The first-order valence-corrected chi connectivity index (χ1v) is 4.20. The standard InChI is InChI=1S/C7H5Br2N/c1-4-2-5(8)7(10)6(9)3-4/h1-3H,10H2. The monoisotopic (exact) mass is 261 g/mol. The average molecular weight is 263 g/mol. The lowest BCUT2D eigenvalue weighted by molar-refractivity contribution is 1.53. The van der Waals surface area contributed by atoms with Gasteiger partial charge in [-0.2, -0.15) is 0 Å². The molecule has 0 saturated carbocycles. The Bertz CT molecular complexity index is 235. The summed E-state index contributed by atoms with van der Waals surface area (Å²) in [4.78, 5) is 0. The number of rotatable bonds is 0. The van der Waals surface area contributed by atoms with Gasteiger partial charge < -0.3 is 5.73 Å². The molecule has 0 atom stereocenters. The van der Waals surface area contributed by atoms with Crippen LogP contribution in [0.1, 0.15) is 5.56 Å². The number of anilines is 1. The van der Waals surface area contributed by atoms with E-state index >= 15 is 0 Å². The van der Waals surface area contributed by atoms with Crippen LogP contribution in [0.15, 0.2) is 21.1 Å². The molecule has 0 heterocycles. The van der Waals surface area contributed by atoms with Gasteiger partial charge in [-0.25, -0.2) is 0 Å². The van der Waals surface area contributed by atoms with Gasteiger partial charge in [-0.05, 0) is 56.5 Å². The Morgan fingerprint density at radius 1 is 1.20 bits per heavy atom. The zero-order chi connectivity index (χ0) is 7.72. The fourth-order valence-corrected chi connectivity index (χ4v) is 1.83. The Morgan fingerprint density at radius 2 is 1.60 bits per heavy atom. The summed E-state index contributed by atoms with van der Waals surface area (Å²) < 4.78 is 1.64. The van der Waals surface area contributed by atoms with Crippen LogP contribution in [0, 0.1) is 6.92 Å². The molecule has 2 radical (unpaired) electrons. The van der Waals surface area contributed by atoms with Gasteiger partial charge in [0.2, 0.25) is 0 Å². The van der Waals surface area contributed by atoms with Gasteiger partial charge in [0.25, 0.3) is 0 Å². The number of nitrogens with two attached hydrogens (primary N) is 1. The van der Waals surface area contributed by atoms with Gasteiger partial charge >= 0.3 is 0 Å². The molecule has 0 aromatic heterocycles. The van der Waals surface area contributed by atoms with Gasteiger partial charge in [0.05, 0.1) is 5.69 Å². The van der Waals surface area contributed by atoms with Gasteiger partial charge in [0.1, 0.15) is 0 Å². The summed E-state index contributed by atoms with van der Waals surface area (Å²) in [7, 11) is 0. The van der Waals surface area contributed by atoms with Gasteiger partial charge in [-0.15, -0.1) is 0 Å². The van der Waals surface area contributed by atoms with E-state index in [2.05, 4.69) is 31.9 Å². The molecule has 3 heteroatoms. The van der Waals surface area contributed by atoms with Gasteiger partial charge in [0.15, 0.2) is 0 Å². The summed E-state index contributed by atoms with van der Waals surface area (Å²) in [6, 6.07) is 3.53. The number of benzene rings is 1. The van der Waals surface area contributed by atoms with Crippen molar-refractivity contribution in [1.29, 1.82) is 0 Å². The van der Waals surface area contributed by atoms with E-state index in [4.69, 9.17) is 12.7 Å². The molecule has 0 aliphatic carbocycles. The topological polar surface area (TPSA) is 26.0 Å². The maximum atomic E-state index is 5.60. The first-order valence-electron chi connectivity index (χ1n) is 2.61. The van der Waals surface area contributed by atoms with Crippen LogP contribution in [0.4, 0.5) is 5.69 Å². The van der Waals surface area contributed by atoms with Gasteiger partial charge in [-0.1, -0.05) is 0 Å². The van der Waals surface area contributed by atoms with Crippen molar-refractivity contribution in [2.45, 2.75) is 0 Å². The molecule has 0 aliphatic rings. The van der Waals surface area contributed by atoms with Crippen LogP contribution in [0.3, 0.4) is 0 Å². The van der Waals surface area contributed by atoms with Crippen molar-refractivity contribution in [3.63, 3.8) is 0 Å². The maximum Gasteiger partial charge on any atom is 0.0603 e. The van der Waals surface area contributed by atoms with Crippen LogP contribution in [0.2, 0.25) is 0 Å². The second kappa shape index (κ2) is 2.93. The molecule has 0 unspecified atom stereocenters. The Morgan fingerprint density at radius 3 is 2.00 bits per heavy atom. The molecule has 0 aliphatic heterocycles. The molecule has 10 heavy (non-hydrogen) atoms. The number of hydrogen-bond donors (Lipinski definition) is 1. The van der Waals surface area contributed by atoms with Gasteiger partial charge in [-0.3, -0.25) is 0 Å². The number of nitrogen functional groups attached to an aromatic ring is 1. The smallest absolute Gasteiger partial charge is 0.0603 e. The quantitative estimate of drug-likeness (QED) is 0.715. The van der Waals surface area contributed by atoms with Crippen LogP contribution in [-0.2, 0) is 0 Å². The highest BCUT2D eigenvalue weighted by atomic mass is 79.9. The second-order valence-corrected chi connectivity index (χ2v) is 3.61. The molecule has 0 fully saturated rings. The third kappa shape index (κ3) is 1.52. The minimum absolute atomic E-state index is 0.675. The molecule has 52 valence electrons. The van der Waals surface area contributed by atoms with Crippen LogP contribution < -0.4 is 5.73 Å². The van der Waals surface area contributed by atoms with E-state index in [1.54, 1.807) is 12.1 Å². The van der Waals surface area contributed by atoms with Gasteiger partial charge in [0, 0.05) is 8.95 Å². The molecule has 1 aromatic carbocycles. The summed E-state index contributed by atoms with van der Waals surface area (Å²) in [5.41, 5.74) is 6.96. The molecule has 2 N–H and O–H groups in total. The van der Waals surface area contributed by atoms with Crippen molar-refractivity contribution in [1.82, 2.24) is 0 Å². The van der Waals surface area contributed by atoms with Crippen molar-refractivity contribution < 1.29 is 0 Å². The van der Waals surface area contributed by atoms with Crippen LogP contribution in [-0.4, -0.2) is 0 Å². The van der Waals surface area contributed by atoms with E-state index < -0.39 is 0 Å². The lowest BCUT2D eigenvalue weighted by Gasteiger charge is -2.01. The highest BCUT2D eigenvalue weighted by Crippen LogP contribution is 2.28. The average Bonchev–Trinajstić information content (AvgIpc) is 1.82. The molecular formula is C7H5Br2N. The third-order valence-corrected chi connectivity index (χ3v) is 2.41. The fraction of sp³-hybridized carbons (Fsp3) is 0. The molecule has 1 rings (SSSR count). The van der Waals surface area contributed by atoms with Crippen LogP contribution >= 0.6 is 31.9 Å². The summed E-state index contributed by atoms with van der Waals surface area (Å²) in [5.74, 6) is 0. The van der Waals surface area contributed by atoms with Crippen molar-refractivity contribution in [2.75, 3.05) is 5.73 Å². The third-order valence-electron chi connectivity index (χ3n) is 1.10. The maximum absolute atomic E-state index is 5.60. The minimum atomic E-state index is 0.675. The summed E-state index contributed by atoms with van der Waals surface area (Å²) in [6.45, 7) is 5.51.